The van der Waals surface area contributed by atoms with Crippen molar-refractivity contribution in [2.24, 2.45) is 0 Å². The van der Waals surface area contributed by atoms with Crippen LogP contribution >= 0.6 is 0 Å². The number of hydrogen-bond acceptors (Lipinski definition) is 2. The summed E-state index contributed by atoms with van der Waals surface area (Å²) < 4.78 is 0. The molecule has 2 aliphatic heterocycles. The number of rotatable bonds is 3. The first-order chi connectivity index (χ1) is 6.33. The summed E-state index contributed by atoms with van der Waals surface area (Å²) in [6.07, 6.45) is 1.61. The number of amides is 2. The van der Waals surface area contributed by atoms with Crippen molar-refractivity contribution in [3.8, 4) is 11.8 Å². The Bertz CT molecular complexity index is 302. The number of fused-ring (bicyclic) bond motifs is 2. The Morgan fingerprint density at radius 2 is 2.62 bits per heavy atom. The third kappa shape index (κ3) is 1.27. The Morgan fingerprint density at radius 1 is 1.77 bits per heavy atom. The molecule has 0 spiro atoms. The van der Waals surface area contributed by atoms with E-state index in [4.69, 9.17) is 4.84 Å². The molecule has 1 fully saturated rings. The van der Waals surface area contributed by atoms with Crippen LogP contribution in [0.3, 0.4) is 0 Å². The summed E-state index contributed by atoms with van der Waals surface area (Å²) in [5.41, 5.74) is 0. The fourth-order valence-electron chi connectivity index (χ4n) is 1.41. The molecular formula is C9H10N2O2. The van der Waals surface area contributed by atoms with Gasteiger partial charge in [-0.3, -0.25) is 4.84 Å². The summed E-state index contributed by atoms with van der Waals surface area (Å²) >= 11 is 0. The van der Waals surface area contributed by atoms with Crippen LogP contribution in [-0.4, -0.2) is 41.7 Å². The van der Waals surface area contributed by atoms with Crippen LogP contribution < -0.4 is 0 Å². The summed E-state index contributed by atoms with van der Waals surface area (Å²) in [5.74, 6) is 5.85. The molecule has 2 rings (SSSR count). The normalized spacial score (nSPS) is 24.3. The first-order valence-corrected chi connectivity index (χ1v) is 4.13. The minimum Gasteiger partial charge on any atom is -0.309 e. The fraction of sp³-hybridized carbons (Fsp3) is 0.444. The first kappa shape index (κ1) is 8.14. The van der Waals surface area contributed by atoms with E-state index in [-0.39, 0.29) is 12.1 Å². The molecule has 13 heavy (non-hydrogen) atoms. The number of carbonyl (C=O) groups excluding carboxylic acids is 1. The second-order valence-electron chi connectivity index (χ2n) is 2.91. The predicted octanol–water partition coefficient (Wildman–Crippen LogP) is 0.227. The Labute approximate surface area is 76.7 Å². The molecule has 2 heterocycles. The summed E-state index contributed by atoms with van der Waals surface area (Å²) in [4.78, 5) is 18.4. The van der Waals surface area contributed by atoms with Crippen molar-refractivity contribution in [3.05, 3.63) is 12.7 Å². The highest BCUT2D eigenvalue weighted by molar-refractivity contribution is 5.77. The monoisotopic (exact) mass is 178 g/mol. The number of carbonyl (C=O) groups is 1. The molecule has 2 bridgehead atoms. The zero-order valence-electron chi connectivity index (χ0n) is 7.19. The van der Waals surface area contributed by atoms with Crippen LogP contribution in [0.1, 0.15) is 0 Å². The first-order valence-electron chi connectivity index (χ1n) is 4.13. The molecule has 1 unspecified atom stereocenters. The fourth-order valence-corrected chi connectivity index (χ4v) is 1.41. The maximum absolute atomic E-state index is 11.5. The second kappa shape index (κ2) is 3.11. The molecule has 1 saturated heterocycles. The maximum atomic E-state index is 11.5. The van der Waals surface area contributed by atoms with E-state index in [1.165, 1.54) is 5.06 Å². The van der Waals surface area contributed by atoms with Gasteiger partial charge in [0.1, 0.15) is 6.04 Å². The lowest BCUT2D eigenvalue weighted by molar-refractivity contribution is -0.105. The number of hydrogen-bond donors (Lipinski definition) is 0. The number of nitrogens with zero attached hydrogens (tertiary/aromatic N) is 2. The van der Waals surface area contributed by atoms with E-state index in [1.807, 2.05) is 0 Å². The highest BCUT2D eigenvalue weighted by atomic mass is 16.7. The van der Waals surface area contributed by atoms with E-state index in [0.717, 1.165) is 0 Å². The van der Waals surface area contributed by atoms with Gasteiger partial charge in [0.2, 0.25) is 0 Å². The molecule has 0 aromatic carbocycles. The summed E-state index contributed by atoms with van der Waals surface area (Å²) in [6.45, 7) is 5.04. The van der Waals surface area contributed by atoms with Crippen molar-refractivity contribution in [2.45, 2.75) is 6.04 Å². The Balaban J connectivity index is 2.08. The third-order valence-corrected chi connectivity index (χ3v) is 2.01. The predicted molar refractivity (Wildman–Crippen MR) is 46.5 cm³/mol. The van der Waals surface area contributed by atoms with Gasteiger partial charge in [0.25, 0.3) is 0 Å². The van der Waals surface area contributed by atoms with Gasteiger partial charge < -0.3 is 4.90 Å². The quantitative estimate of drug-likeness (QED) is 0.457. The molecule has 0 aromatic rings. The lowest BCUT2D eigenvalue weighted by atomic mass is 10.2. The van der Waals surface area contributed by atoms with Crippen LogP contribution in [0.2, 0.25) is 0 Å². The SMILES string of the molecule is C=CCON1C(=O)N2CC#CC1C2. The molecule has 0 aromatic heterocycles. The Hall–Kier alpha value is -1.47. The van der Waals surface area contributed by atoms with E-state index < -0.39 is 0 Å². The van der Waals surface area contributed by atoms with E-state index in [1.54, 1.807) is 11.0 Å². The molecule has 2 aliphatic rings. The van der Waals surface area contributed by atoms with Crippen molar-refractivity contribution in [1.29, 1.82) is 0 Å². The highest BCUT2D eigenvalue weighted by Gasteiger charge is 2.38. The average molecular weight is 178 g/mol. The molecule has 2 amide bonds. The van der Waals surface area contributed by atoms with Gasteiger partial charge in [-0.1, -0.05) is 17.9 Å². The van der Waals surface area contributed by atoms with Gasteiger partial charge >= 0.3 is 6.03 Å². The van der Waals surface area contributed by atoms with Crippen molar-refractivity contribution < 1.29 is 9.63 Å². The summed E-state index contributed by atoms with van der Waals surface area (Å²) in [5, 5.41) is 1.34. The zero-order chi connectivity index (χ0) is 9.26. The summed E-state index contributed by atoms with van der Waals surface area (Å²) in [7, 11) is 0. The average Bonchev–Trinajstić information content (AvgIpc) is 2.37. The minimum absolute atomic E-state index is 0.0961. The molecular weight excluding hydrogens is 168 g/mol. The highest BCUT2D eigenvalue weighted by Crippen LogP contribution is 2.17. The lowest BCUT2D eigenvalue weighted by Gasteiger charge is -2.16. The number of hydroxylamine groups is 2. The standard InChI is InChI=1S/C9H10N2O2/c1-2-6-13-11-8-4-3-5-10(7-8)9(11)12/h2,8H,1,5-7H2. The zero-order valence-corrected chi connectivity index (χ0v) is 7.19. The van der Waals surface area contributed by atoms with Crippen molar-refractivity contribution in [1.82, 2.24) is 9.96 Å². The van der Waals surface area contributed by atoms with Crippen LogP contribution in [0, 0.1) is 11.8 Å². The maximum Gasteiger partial charge on any atom is 0.346 e. The van der Waals surface area contributed by atoms with Crippen LogP contribution in [0.4, 0.5) is 4.79 Å². The third-order valence-electron chi connectivity index (χ3n) is 2.01. The molecule has 0 aliphatic carbocycles. The van der Waals surface area contributed by atoms with E-state index in [0.29, 0.717) is 19.7 Å². The topological polar surface area (TPSA) is 32.8 Å². The van der Waals surface area contributed by atoms with Gasteiger partial charge in [0.05, 0.1) is 19.7 Å². The molecule has 0 N–H and O–H groups in total. The van der Waals surface area contributed by atoms with Gasteiger partial charge in [0.15, 0.2) is 0 Å². The molecule has 0 saturated carbocycles. The Kier molecular flexibility index (Phi) is 1.95. The van der Waals surface area contributed by atoms with Crippen molar-refractivity contribution >= 4 is 6.03 Å². The molecule has 68 valence electrons. The van der Waals surface area contributed by atoms with Gasteiger partial charge in [-0.2, -0.15) is 5.06 Å². The van der Waals surface area contributed by atoms with Crippen LogP contribution in [-0.2, 0) is 4.84 Å². The van der Waals surface area contributed by atoms with Gasteiger partial charge in [0, 0.05) is 0 Å². The molecule has 1 atom stereocenters. The molecule has 0 radical (unpaired) electrons. The largest absolute Gasteiger partial charge is 0.346 e. The van der Waals surface area contributed by atoms with Crippen molar-refractivity contribution in [2.75, 3.05) is 19.7 Å². The van der Waals surface area contributed by atoms with Crippen molar-refractivity contribution in [3.63, 3.8) is 0 Å². The minimum atomic E-state index is -0.107. The van der Waals surface area contributed by atoms with Crippen LogP contribution in [0.5, 0.6) is 0 Å². The van der Waals surface area contributed by atoms with Gasteiger partial charge in [-0.25, -0.2) is 4.79 Å². The number of urea groups is 1. The van der Waals surface area contributed by atoms with Crippen LogP contribution in [0.15, 0.2) is 12.7 Å². The lowest BCUT2D eigenvalue weighted by Crippen LogP contribution is -2.33. The van der Waals surface area contributed by atoms with E-state index in [2.05, 4.69) is 18.4 Å². The summed E-state index contributed by atoms with van der Waals surface area (Å²) in [6, 6.07) is -0.203. The smallest absolute Gasteiger partial charge is 0.309 e. The second-order valence-corrected chi connectivity index (χ2v) is 2.91. The van der Waals surface area contributed by atoms with E-state index in [9.17, 15) is 4.79 Å². The van der Waals surface area contributed by atoms with Crippen LogP contribution in [0.25, 0.3) is 0 Å². The molecule has 4 heteroatoms. The molecule has 4 nitrogen and oxygen atoms in total. The van der Waals surface area contributed by atoms with Gasteiger partial charge in [-0.15, -0.1) is 6.58 Å². The Morgan fingerprint density at radius 3 is 3.31 bits per heavy atom. The van der Waals surface area contributed by atoms with E-state index >= 15 is 0 Å². The van der Waals surface area contributed by atoms with Gasteiger partial charge in [-0.05, 0) is 0 Å².